The van der Waals surface area contributed by atoms with Crippen LogP contribution in [-0.4, -0.2) is 23.1 Å². The Morgan fingerprint density at radius 2 is 2.42 bits per heavy atom. The van der Waals surface area contributed by atoms with Gasteiger partial charge in [-0.15, -0.1) is 0 Å². The number of rotatable bonds is 3. The molecule has 1 atom stereocenters. The molecule has 1 rings (SSSR count). The fourth-order valence-electron chi connectivity index (χ4n) is 1.00. The van der Waals surface area contributed by atoms with Crippen molar-refractivity contribution in [2.24, 2.45) is 0 Å². The van der Waals surface area contributed by atoms with E-state index in [0.29, 0.717) is 11.3 Å². The molecule has 0 aliphatic rings. The fourth-order valence-corrected chi connectivity index (χ4v) is 1.00. The van der Waals surface area contributed by atoms with Crippen LogP contribution in [0.15, 0.2) is 6.20 Å². The standard InChI is InChI=1S/C8H12N2O2/c1-5(11)7-4-9-10-8(7)6(2)12-3/h4,6H,1-3H3,(H,9,10). The van der Waals surface area contributed by atoms with E-state index in [9.17, 15) is 4.79 Å². The van der Waals surface area contributed by atoms with Gasteiger partial charge in [0.2, 0.25) is 0 Å². The van der Waals surface area contributed by atoms with Gasteiger partial charge in [0, 0.05) is 13.3 Å². The second kappa shape index (κ2) is 3.49. The molecule has 0 aromatic carbocycles. The van der Waals surface area contributed by atoms with Crippen LogP contribution in [-0.2, 0) is 4.74 Å². The van der Waals surface area contributed by atoms with Gasteiger partial charge in [-0.3, -0.25) is 9.89 Å². The molecule has 1 heterocycles. The van der Waals surface area contributed by atoms with Gasteiger partial charge in [-0.05, 0) is 13.8 Å². The normalized spacial score (nSPS) is 12.9. The molecule has 0 spiro atoms. The van der Waals surface area contributed by atoms with Gasteiger partial charge in [0.05, 0.1) is 11.7 Å². The lowest BCUT2D eigenvalue weighted by atomic mass is 10.1. The molecule has 4 heteroatoms. The maximum Gasteiger partial charge on any atom is 0.163 e. The molecule has 0 saturated heterocycles. The molecular weight excluding hydrogens is 156 g/mol. The summed E-state index contributed by atoms with van der Waals surface area (Å²) in [5.41, 5.74) is 1.27. The van der Waals surface area contributed by atoms with Crippen molar-refractivity contribution in [2.45, 2.75) is 20.0 Å². The molecule has 12 heavy (non-hydrogen) atoms. The summed E-state index contributed by atoms with van der Waals surface area (Å²) in [6, 6.07) is 0. The number of carbonyl (C=O) groups is 1. The third kappa shape index (κ3) is 1.53. The minimum absolute atomic E-state index is 0.00245. The van der Waals surface area contributed by atoms with Crippen LogP contribution in [0.2, 0.25) is 0 Å². The largest absolute Gasteiger partial charge is 0.375 e. The van der Waals surface area contributed by atoms with Crippen LogP contribution in [0.1, 0.15) is 36.0 Å². The number of hydrogen-bond acceptors (Lipinski definition) is 3. The van der Waals surface area contributed by atoms with E-state index in [1.165, 1.54) is 6.92 Å². The molecule has 0 saturated carbocycles. The van der Waals surface area contributed by atoms with Crippen molar-refractivity contribution < 1.29 is 9.53 Å². The lowest BCUT2D eigenvalue weighted by molar-refractivity contribution is 0.0985. The predicted molar refractivity (Wildman–Crippen MR) is 44.0 cm³/mol. The maximum absolute atomic E-state index is 11.0. The van der Waals surface area contributed by atoms with Gasteiger partial charge in [-0.1, -0.05) is 0 Å². The Morgan fingerprint density at radius 3 is 2.92 bits per heavy atom. The Labute approximate surface area is 70.9 Å². The number of ketones is 1. The van der Waals surface area contributed by atoms with Gasteiger partial charge >= 0.3 is 0 Å². The van der Waals surface area contributed by atoms with E-state index in [2.05, 4.69) is 10.2 Å². The van der Waals surface area contributed by atoms with Crippen LogP contribution in [0.25, 0.3) is 0 Å². The van der Waals surface area contributed by atoms with Crippen LogP contribution in [0.3, 0.4) is 0 Å². The van der Waals surface area contributed by atoms with Crippen LogP contribution in [0, 0.1) is 0 Å². The highest BCUT2D eigenvalue weighted by Gasteiger charge is 2.15. The molecule has 0 aliphatic carbocycles. The van der Waals surface area contributed by atoms with Crippen molar-refractivity contribution in [3.8, 4) is 0 Å². The molecule has 0 radical (unpaired) electrons. The minimum Gasteiger partial charge on any atom is -0.375 e. The Morgan fingerprint density at radius 1 is 1.75 bits per heavy atom. The van der Waals surface area contributed by atoms with Crippen molar-refractivity contribution in [2.75, 3.05) is 7.11 Å². The summed E-state index contributed by atoms with van der Waals surface area (Å²) >= 11 is 0. The SMILES string of the molecule is COC(C)c1n[nH]cc1C(C)=O. The van der Waals surface area contributed by atoms with Gasteiger partial charge in [-0.2, -0.15) is 5.10 Å². The molecular formula is C8H12N2O2. The molecule has 1 aromatic heterocycles. The summed E-state index contributed by atoms with van der Waals surface area (Å²) in [6.45, 7) is 3.36. The molecule has 1 N–H and O–H groups in total. The van der Waals surface area contributed by atoms with E-state index in [1.807, 2.05) is 6.92 Å². The van der Waals surface area contributed by atoms with Crippen molar-refractivity contribution in [3.63, 3.8) is 0 Å². The second-order valence-corrected chi connectivity index (χ2v) is 2.62. The fraction of sp³-hybridized carbons (Fsp3) is 0.500. The van der Waals surface area contributed by atoms with Gasteiger partial charge in [0.25, 0.3) is 0 Å². The average Bonchev–Trinajstić information content (AvgIpc) is 2.50. The number of aromatic nitrogens is 2. The highest BCUT2D eigenvalue weighted by atomic mass is 16.5. The first-order chi connectivity index (χ1) is 5.66. The number of H-pyrrole nitrogens is 1. The molecule has 66 valence electrons. The van der Waals surface area contributed by atoms with Crippen LogP contribution >= 0.6 is 0 Å². The molecule has 1 aromatic rings. The third-order valence-corrected chi connectivity index (χ3v) is 1.79. The van der Waals surface area contributed by atoms with Crippen molar-refractivity contribution >= 4 is 5.78 Å². The van der Waals surface area contributed by atoms with Crippen LogP contribution < -0.4 is 0 Å². The average molecular weight is 168 g/mol. The van der Waals surface area contributed by atoms with E-state index >= 15 is 0 Å². The monoisotopic (exact) mass is 168 g/mol. The second-order valence-electron chi connectivity index (χ2n) is 2.62. The molecule has 0 aliphatic heterocycles. The zero-order chi connectivity index (χ0) is 9.14. The Kier molecular flexibility index (Phi) is 2.60. The lowest BCUT2D eigenvalue weighted by Gasteiger charge is -2.06. The molecule has 1 unspecified atom stereocenters. The highest BCUT2D eigenvalue weighted by Crippen LogP contribution is 2.17. The number of methoxy groups -OCH3 is 1. The van der Waals surface area contributed by atoms with Crippen LogP contribution in [0.4, 0.5) is 0 Å². The van der Waals surface area contributed by atoms with E-state index < -0.39 is 0 Å². The quantitative estimate of drug-likeness (QED) is 0.692. The lowest BCUT2D eigenvalue weighted by Crippen LogP contribution is -2.03. The van der Waals surface area contributed by atoms with E-state index in [4.69, 9.17) is 4.74 Å². The predicted octanol–water partition coefficient (Wildman–Crippen LogP) is 1.32. The van der Waals surface area contributed by atoms with Gasteiger partial charge in [0.15, 0.2) is 5.78 Å². The van der Waals surface area contributed by atoms with Crippen LogP contribution in [0.5, 0.6) is 0 Å². The molecule has 0 amide bonds. The van der Waals surface area contributed by atoms with E-state index in [1.54, 1.807) is 13.3 Å². The first kappa shape index (κ1) is 8.93. The van der Waals surface area contributed by atoms with Gasteiger partial charge in [-0.25, -0.2) is 0 Å². The highest BCUT2D eigenvalue weighted by molar-refractivity contribution is 5.94. The van der Waals surface area contributed by atoms with Gasteiger partial charge < -0.3 is 4.74 Å². The zero-order valence-corrected chi connectivity index (χ0v) is 7.42. The number of aromatic amines is 1. The maximum atomic E-state index is 11.0. The van der Waals surface area contributed by atoms with E-state index in [0.717, 1.165) is 0 Å². The number of nitrogens with one attached hydrogen (secondary N) is 1. The Balaban J connectivity index is 2.98. The summed E-state index contributed by atoms with van der Waals surface area (Å²) in [4.78, 5) is 11.0. The number of hydrogen-bond donors (Lipinski definition) is 1. The summed E-state index contributed by atoms with van der Waals surface area (Å²) in [6.07, 6.45) is 1.45. The third-order valence-electron chi connectivity index (χ3n) is 1.79. The summed E-state index contributed by atoms with van der Waals surface area (Å²) in [7, 11) is 1.59. The van der Waals surface area contributed by atoms with Crippen molar-refractivity contribution in [1.29, 1.82) is 0 Å². The Hall–Kier alpha value is -1.16. The minimum atomic E-state index is -0.143. The number of carbonyl (C=O) groups excluding carboxylic acids is 1. The first-order valence-electron chi connectivity index (χ1n) is 3.74. The van der Waals surface area contributed by atoms with Gasteiger partial charge in [0.1, 0.15) is 5.69 Å². The number of nitrogens with zero attached hydrogens (tertiary/aromatic N) is 1. The smallest absolute Gasteiger partial charge is 0.163 e. The van der Waals surface area contributed by atoms with Crippen molar-refractivity contribution in [3.05, 3.63) is 17.5 Å². The number of Topliss-reactive ketones (excluding diaryl/α,β-unsaturated/α-hetero) is 1. The molecule has 0 bridgehead atoms. The molecule has 4 nitrogen and oxygen atoms in total. The van der Waals surface area contributed by atoms with Crippen molar-refractivity contribution in [1.82, 2.24) is 10.2 Å². The summed E-state index contributed by atoms with van der Waals surface area (Å²) < 4.78 is 5.05. The first-order valence-corrected chi connectivity index (χ1v) is 3.74. The summed E-state index contributed by atoms with van der Waals surface area (Å²) in [5, 5.41) is 6.58. The zero-order valence-electron chi connectivity index (χ0n) is 7.42. The Bertz CT molecular complexity index is 280. The molecule has 0 fully saturated rings. The summed E-state index contributed by atoms with van der Waals surface area (Å²) in [5.74, 6) is 0.00245. The van der Waals surface area contributed by atoms with E-state index in [-0.39, 0.29) is 11.9 Å². The topological polar surface area (TPSA) is 55.0 Å². The number of ether oxygens (including phenoxy) is 1.